The fraction of sp³-hybridized carbons (Fsp3) is 0.286. The summed E-state index contributed by atoms with van der Waals surface area (Å²) in [5.74, 6) is -0.143. The van der Waals surface area contributed by atoms with Crippen molar-refractivity contribution in [3.05, 3.63) is 59.7 Å². The highest BCUT2D eigenvalue weighted by Crippen LogP contribution is 2.25. The Balaban J connectivity index is 1.53. The van der Waals surface area contributed by atoms with E-state index >= 15 is 0 Å². The van der Waals surface area contributed by atoms with Crippen LogP contribution in [0.1, 0.15) is 46.9 Å². The van der Waals surface area contributed by atoms with Crippen LogP contribution in [-0.2, 0) is 4.79 Å². The number of rotatable bonds is 8. The van der Waals surface area contributed by atoms with E-state index in [2.05, 4.69) is 5.32 Å². The summed E-state index contributed by atoms with van der Waals surface area (Å²) in [6.45, 7) is 2.81. The van der Waals surface area contributed by atoms with Gasteiger partial charge in [-0.1, -0.05) is 31.2 Å². The van der Waals surface area contributed by atoms with E-state index in [0.717, 1.165) is 6.42 Å². The van der Waals surface area contributed by atoms with Gasteiger partial charge in [0.1, 0.15) is 5.75 Å². The maximum Gasteiger partial charge on any atom is 0.261 e. The molecular weight excluding hydrogens is 344 g/mol. The predicted octanol–water partition coefficient (Wildman–Crippen LogP) is 3.49. The van der Waals surface area contributed by atoms with Crippen LogP contribution in [0.2, 0.25) is 0 Å². The molecule has 1 aliphatic heterocycles. The van der Waals surface area contributed by atoms with Gasteiger partial charge < -0.3 is 10.1 Å². The summed E-state index contributed by atoms with van der Waals surface area (Å²) in [5, 5.41) is 2.83. The summed E-state index contributed by atoms with van der Waals surface area (Å²) >= 11 is 0. The Morgan fingerprint density at radius 1 is 1.00 bits per heavy atom. The normalized spacial score (nSPS) is 12.9. The van der Waals surface area contributed by atoms with Crippen molar-refractivity contribution in [2.45, 2.75) is 26.2 Å². The SMILES string of the molecule is CCCOc1ccccc1NC(=O)CCCN1C(=O)c2ccccc2C1=O. The first-order valence-corrected chi connectivity index (χ1v) is 9.08. The number of carbonyl (C=O) groups is 3. The van der Waals surface area contributed by atoms with Gasteiger partial charge in [0.05, 0.1) is 23.4 Å². The number of para-hydroxylation sites is 2. The number of imide groups is 1. The van der Waals surface area contributed by atoms with Crippen LogP contribution in [0.15, 0.2) is 48.5 Å². The molecule has 0 aromatic heterocycles. The van der Waals surface area contributed by atoms with Crippen molar-refractivity contribution in [1.29, 1.82) is 0 Å². The van der Waals surface area contributed by atoms with Gasteiger partial charge in [0.2, 0.25) is 5.91 Å². The number of benzene rings is 2. The first kappa shape index (κ1) is 18.6. The zero-order valence-corrected chi connectivity index (χ0v) is 15.2. The molecular formula is C21H22N2O4. The molecule has 2 aromatic carbocycles. The largest absolute Gasteiger partial charge is 0.491 e. The molecule has 0 bridgehead atoms. The minimum Gasteiger partial charge on any atom is -0.491 e. The Hall–Kier alpha value is -3.15. The number of hydrogen-bond acceptors (Lipinski definition) is 4. The molecule has 0 aliphatic carbocycles. The molecule has 6 heteroatoms. The van der Waals surface area contributed by atoms with E-state index in [9.17, 15) is 14.4 Å². The number of hydrogen-bond donors (Lipinski definition) is 1. The molecule has 1 heterocycles. The van der Waals surface area contributed by atoms with Crippen LogP contribution in [0.3, 0.4) is 0 Å². The molecule has 140 valence electrons. The topological polar surface area (TPSA) is 75.7 Å². The molecule has 0 fully saturated rings. The molecule has 2 aromatic rings. The molecule has 1 N–H and O–H groups in total. The highest BCUT2D eigenvalue weighted by Gasteiger charge is 2.34. The van der Waals surface area contributed by atoms with Gasteiger partial charge in [-0.2, -0.15) is 0 Å². The Bertz CT molecular complexity index is 828. The van der Waals surface area contributed by atoms with Crippen LogP contribution >= 0.6 is 0 Å². The first-order valence-electron chi connectivity index (χ1n) is 9.08. The fourth-order valence-electron chi connectivity index (χ4n) is 2.96. The standard InChI is InChI=1S/C21H22N2O4/c1-2-14-27-18-11-6-5-10-17(18)22-19(24)12-7-13-23-20(25)15-8-3-4-9-16(15)21(23)26/h3-6,8-11H,2,7,12-14H2,1H3,(H,22,24). The fourth-order valence-corrected chi connectivity index (χ4v) is 2.96. The van der Waals surface area contributed by atoms with Gasteiger partial charge in [-0.15, -0.1) is 0 Å². The average Bonchev–Trinajstić information content (AvgIpc) is 2.92. The lowest BCUT2D eigenvalue weighted by Gasteiger charge is -2.14. The van der Waals surface area contributed by atoms with Crippen molar-refractivity contribution >= 4 is 23.4 Å². The molecule has 3 rings (SSSR count). The molecule has 0 spiro atoms. The zero-order valence-electron chi connectivity index (χ0n) is 15.2. The first-order chi connectivity index (χ1) is 13.1. The van der Waals surface area contributed by atoms with Crippen molar-refractivity contribution in [3.63, 3.8) is 0 Å². The molecule has 27 heavy (non-hydrogen) atoms. The lowest BCUT2D eigenvalue weighted by atomic mass is 10.1. The molecule has 6 nitrogen and oxygen atoms in total. The lowest BCUT2D eigenvalue weighted by molar-refractivity contribution is -0.116. The van der Waals surface area contributed by atoms with Crippen molar-refractivity contribution < 1.29 is 19.1 Å². The van der Waals surface area contributed by atoms with E-state index in [1.54, 1.807) is 30.3 Å². The van der Waals surface area contributed by atoms with E-state index in [0.29, 0.717) is 35.6 Å². The summed E-state index contributed by atoms with van der Waals surface area (Å²) in [5.41, 5.74) is 1.47. The van der Waals surface area contributed by atoms with Crippen molar-refractivity contribution in [3.8, 4) is 5.75 Å². The van der Waals surface area contributed by atoms with E-state index in [1.807, 2.05) is 25.1 Å². The van der Waals surface area contributed by atoms with Crippen molar-refractivity contribution in [2.24, 2.45) is 0 Å². The maximum absolute atomic E-state index is 12.3. The summed E-state index contributed by atoms with van der Waals surface area (Å²) < 4.78 is 5.62. The summed E-state index contributed by atoms with van der Waals surface area (Å²) in [6, 6.07) is 14.0. The smallest absolute Gasteiger partial charge is 0.261 e. The van der Waals surface area contributed by atoms with Crippen molar-refractivity contribution in [2.75, 3.05) is 18.5 Å². The van der Waals surface area contributed by atoms with Crippen LogP contribution in [0, 0.1) is 0 Å². The summed E-state index contributed by atoms with van der Waals surface area (Å²) in [6.07, 6.45) is 1.48. The van der Waals surface area contributed by atoms with Gasteiger partial charge in [-0.3, -0.25) is 19.3 Å². The van der Waals surface area contributed by atoms with Gasteiger partial charge in [0.15, 0.2) is 0 Å². The van der Waals surface area contributed by atoms with Crippen molar-refractivity contribution in [1.82, 2.24) is 4.90 Å². The number of ether oxygens (including phenoxy) is 1. The number of anilines is 1. The van der Waals surface area contributed by atoms with Gasteiger partial charge in [0, 0.05) is 13.0 Å². The predicted molar refractivity (Wildman–Crippen MR) is 102 cm³/mol. The van der Waals surface area contributed by atoms with Gasteiger partial charge in [-0.05, 0) is 37.1 Å². The number of nitrogens with one attached hydrogen (secondary N) is 1. The third-order valence-corrected chi connectivity index (χ3v) is 4.29. The second kappa shape index (κ2) is 8.49. The molecule has 0 unspecified atom stereocenters. The lowest BCUT2D eigenvalue weighted by Crippen LogP contribution is -2.31. The molecule has 0 saturated carbocycles. The van der Waals surface area contributed by atoms with Crippen LogP contribution in [0.25, 0.3) is 0 Å². The van der Waals surface area contributed by atoms with Crippen LogP contribution in [0.5, 0.6) is 5.75 Å². The molecule has 0 saturated heterocycles. The van der Waals surface area contributed by atoms with E-state index in [1.165, 1.54) is 4.90 Å². The van der Waals surface area contributed by atoms with Crippen LogP contribution in [-0.4, -0.2) is 35.8 Å². The van der Waals surface area contributed by atoms with Gasteiger partial charge in [-0.25, -0.2) is 0 Å². The highest BCUT2D eigenvalue weighted by atomic mass is 16.5. The second-order valence-electron chi connectivity index (χ2n) is 6.30. The number of nitrogens with zero attached hydrogens (tertiary/aromatic N) is 1. The molecule has 3 amide bonds. The summed E-state index contributed by atoms with van der Waals surface area (Å²) in [4.78, 5) is 38.1. The Labute approximate surface area is 158 Å². The Morgan fingerprint density at radius 2 is 1.63 bits per heavy atom. The van der Waals surface area contributed by atoms with E-state index in [4.69, 9.17) is 4.74 Å². The van der Waals surface area contributed by atoms with Gasteiger partial charge >= 0.3 is 0 Å². The van der Waals surface area contributed by atoms with Crippen LogP contribution < -0.4 is 10.1 Å². The third kappa shape index (κ3) is 4.16. The maximum atomic E-state index is 12.3. The number of amides is 3. The van der Waals surface area contributed by atoms with Crippen LogP contribution in [0.4, 0.5) is 5.69 Å². The third-order valence-electron chi connectivity index (χ3n) is 4.29. The Morgan fingerprint density at radius 3 is 2.30 bits per heavy atom. The minimum atomic E-state index is -0.297. The zero-order chi connectivity index (χ0) is 19.2. The highest BCUT2D eigenvalue weighted by molar-refractivity contribution is 6.21. The quantitative estimate of drug-likeness (QED) is 0.726. The average molecular weight is 366 g/mol. The van der Waals surface area contributed by atoms with Gasteiger partial charge in [0.25, 0.3) is 11.8 Å². The van der Waals surface area contributed by atoms with E-state index in [-0.39, 0.29) is 30.7 Å². The van der Waals surface area contributed by atoms with E-state index < -0.39 is 0 Å². The molecule has 0 atom stereocenters. The summed E-state index contributed by atoms with van der Waals surface area (Å²) in [7, 11) is 0. The number of carbonyl (C=O) groups excluding carboxylic acids is 3. The Kier molecular flexibility index (Phi) is 5.86. The monoisotopic (exact) mass is 366 g/mol. The minimum absolute atomic E-state index is 0.181. The second-order valence-corrected chi connectivity index (χ2v) is 6.30. The molecule has 0 radical (unpaired) electrons. The molecule has 1 aliphatic rings. The number of fused-ring (bicyclic) bond motifs is 1.